The van der Waals surface area contributed by atoms with Gasteiger partial charge in [-0.2, -0.15) is 0 Å². The number of anilines is 2. The van der Waals surface area contributed by atoms with Gasteiger partial charge in [-0.15, -0.1) is 0 Å². The molecule has 0 atom stereocenters. The standard InChI is InChI=1S/C20H26N2O4/c1-21(2)15-6-7-16-17(12-15)26-9-8-22(16)13-14-10-18(23-3)20(25-5)19(11-14)24-4/h6-7,10-12H,8-9,13H2,1-5H3. The van der Waals surface area contributed by atoms with Gasteiger partial charge in [-0.05, 0) is 29.8 Å². The topological polar surface area (TPSA) is 43.4 Å². The Balaban J connectivity index is 1.91. The SMILES string of the molecule is COc1cc(CN2CCOc3cc(N(C)C)ccc32)cc(OC)c1OC. The summed E-state index contributed by atoms with van der Waals surface area (Å²) in [5.74, 6) is 2.85. The first-order chi connectivity index (χ1) is 12.6. The van der Waals surface area contributed by atoms with Crippen molar-refractivity contribution >= 4 is 11.4 Å². The van der Waals surface area contributed by atoms with Crippen LogP contribution in [0.25, 0.3) is 0 Å². The minimum atomic E-state index is 0.608. The van der Waals surface area contributed by atoms with E-state index in [9.17, 15) is 0 Å². The fourth-order valence-corrected chi connectivity index (χ4v) is 3.16. The summed E-state index contributed by atoms with van der Waals surface area (Å²) in [6, 6.07) is 10.3. The largest absolute Gasteiger partial charge is 0.493 e. The van der Waals surface area contributed by atoms with Crippen LogP contribution < -0.4 is 28.7 Å². The van der Waals surface area contributed by atoms with E-state index in [1.807, 2.05) is 26.2 Å². The van der Waals surface area contributed by atoms with Gasteiger partial charge in [0.15, 0.2) is 11.5 Å². The van der Waals surface area contributed by atoms with Gasteiger partial charge in [0, 0.05) is 32.4 Å². The zero-order valence-electron chi connectivity index (χ0n) is 16.0. The van der Waals surface area contributed by atoms with Crippen molar-refractivity contribution in [2.45, 2.75) is 6.54 Å². The maximum absolute atomic E-state index is 5.87. The maximum Gasteiger partial charge on any atom is 0.203 e. The van der Waals surface area contributed by atoms with Gasteiger partial charge in [0.05, 0.1) is 33.6 Å². The number of rotatable bonds is 6. The first kappa shape index (κ1) is 18.0. The molecule has 1 aliphatic rings. The molecule has 0 aromatic heterocycles. The van der Waals surface area contributed by atoms with Crippen LogP contribution >= 0.6 is 0 Å². The average Bonchev–Trinajstić information content (AvgIpc) is 2.66. The van der Waals surface area contributed by atoms with Crippen molar-refractivity contribution in [1.82, 2.24) is 0 Å². The lowest BCUT2D eigenvalue weighted by Gasteiger charge is -2.32. The molecule has 0 unspecified atom stereocenters. The molecule has 2 aromatic rings. The molecule has 0 spiro atoms. The minimum Gasteiger partial charge on any atom is -0.493 e. The average molecular weight is 358 g/mol. The van der Waals surface area contributed by atoms with Gasteiger partial charge < -0.3 is 28.7 Å². The van der Waals surface area contributed by atoms with Crippen LogP contribution in [0.2, 0.25) is 0 Å². The second-order valence-electron chi connectivity index (χ2n) is 6.35. The van der Waals surface area contributed by atoms with E-state index >= 15 is 0 Å². The van der Waals surface area contributed by atoms with E-state index in [2.05, 4.69) is 28.0 Å². The normalized spacial score (nSPS) is 12.9. The van der Waals surface area contributed by atoms with Crippen molar-refractivity contribution in [3.05, 3.63) is 35.9 Å². The van der Waals surface area contributed by atoms with E-state index in [1.54, 1.807) is 21.3 Å². The van der Waals surface area contributed by atoms with E-state index in [0.29, 0.717) is 23.9 Å². The predicted octanol–water partition coefficient (Wildman–Crippen LogP) is 3.18. The summed E-state index contributed by atoms with van der Waals surface area (Å²) in [4.78, 5) is 4.38. The molecule has 6 heteroatoms. The van der Waals surface area contributed by atoms with Gasteiger partial charge in [0.1, 0.15) is 12.4 Å². The van der Waals surface area contributed by atoms with Gasteiger partial charge in [-0.25, -0.2) is 0 Å². The highest BCUT2D eigenvalue weighted by Gasteiger charge is 2.21. The second-order valence-corrected chi connectivity index (χ2v) is 6.35. The first-order valence-corrected chi connectivity index (χ1v) is 8.55. The van der Waals surface area contributed by atoms with Crippen LogP contribution in [0.15, 0.2) is 30.3 Å². The van der Waals surface area contributed by atoms with Crippen molar-refractivity contribution in [3.63, 3.8) is 0 Å². The Hall–Kier alpha value is -2.76. The highest BCUT2D eigenvalue weighted by molar-refractivity contribution is 5.67. The molecule has 6 nitrogen and oxygen atoms in total. The maximum atomic E-state index is 5.87. The summed E-state index contributed by atoms with van der Waals surface area (Å²) in [5.41, 5.74) is 3.30. The molecule has 1 heterocycles. The monoisotopic (exact) mass is 358 g/mol. The van der Waals surface area contributed by atoms with Gasteiger partial charge in [0.25, 0.3) is 0 Å². The molecule has 0 N–H and O–H groups in total. The number of methoxy groups -OCH3 is 3. The van der Waals surface area contributed by atoms with Crippen molar-refractivity contribution in [1.29, 1.82) is 0 Å². The second kappa shape index (κ2) is 7.64. The lowest BCUT2D eigenvalue weighted by atomic mass is 10.1. The summed E-state index contributed by atoms with van der Waals surface area (Å²) in [6.07, 6.45) is 0. The third-order valence-electron chi connectivity index (χ3n) is 4.52. The van der Waals surface area contributed by atoms with Crippen molar-refractivity contribution in [2.75, 3.05) is 58.4 Å². The van der Waals surface area contributed by atoms with E-state index in [1.165, 1.54) is 0 Å². The van der Waals surface area contributed by atoms with Crippen LogP contribution in [0.3, 0.4) is 0 Å². The molecule has 2 aromatic carbocycles. The van der Waals surface area contributed by atoms with Crippen molar-refractivity contribution in [3.8, 4) is 23.0 Å². The number of fused-ring (bicyclic) bond motifs is 1. The van der Waals surface area contributed by atoms with Gasteiger partial charge >= 0.3 is 0 Å². The third-order valence-corrected chi connectivity index (χ3v) is 4.52. The van der Waals surface area contributed by atoms with Crippen LogP contribution in [-0.4, -0.2) is 48.6 Å². The fourth-order valence-electron chi connectivity index (χ4n) is 3.16. The Bertz CT molecular complexity index is 751. The number of hydrogen-bond acceptors (Lipinski definition) is 6. The Morgan fingerprint density at radius 2 is 1.69 bits per heavy atom. The minimum absolute atomic E-state index is 0.608. The summed E-state index contributed by atoms with van der Waals surface area (Å²) < 4.78 is 22.2. The molecule has 0 fully saturated rings. The molecule has 0 amide bonds. The van der Waals surface area contributed by atoms with Crippen LogP contribution in [0, 0.1) is 0 Å². The third kappa shape index (κ3) is 3.45. The van der Waals surface area contributed by atoms with E-state index in [4.69, 9.17) is 18.9 Å². The lowest BCUT2D eigenvalue weighted by molar-refractivity contribution is 0.306. The molecule has 0 bridgehead atoms. The number of ether oxygens (including phenoxy) is 4. The zero-order valence-corrected chi connectivity index (χ0v) is 16.0. The van der Waals surface area contributed by atoms with Crippen molar-refractivity contribution < 1.29 is 18.9 Å². The number of nitrogens with zero attached hydrogens (tertiary/aromatic N) is 2. The quantitative estimate of drug-likeness (QED) is 0.790. The van der Waals surface area contributed by atoms with E-state index in [0.717, 1.165) is 35.8 Å². The number of benzene rings is 2. The van der Waals surface area contributed by atoms with Gasteiger partial charge in [-0.1, -0.05) is 0 Å². The fraction of sp³-hybridized carbons (Fsp3) is 0.400. The Morgan fingerprint density at radius 1 is 1.00 bits per heavy atom. The Labute approximate surface area is 154 Å². The molecule has 0 radical (unpaired) electrons. The first-order valence-electron chi connectivity index (χ1n) is 8.55. The summed E-state index contributed by atoms with van der Waals surface area (Å²) >= 11 is 0. The van der Waals surface area contributed by atoms with Gasteiger partial charge in [0.2, 0.25) is 5.75 Å². The van der Waals surface area contributed by atoms with Crippen LogP contribution in [0.1, 0.15) is 5.56 Å². The summed E-state index contributed by atoms with van der Waals surface area (Å²) in [6.45, 7) is 2.22. The summed E-state index contributed by atoms with van der Waals surface area (Å²) in [5, 5.41) is 0. The lowest BCUT2D eigenvalue weighted by Crippen LogP contribution is -2.32. The van der Waals surface area contributed by atoms with Crippen LogP contribution in [0.4, 0.5) is 11.4 Å². The molecule has 0 aliphatic carbocycles. The molecular formula is C20H26N2O4. The van der Waals surface area contributed by atoms with Crippen LogP contribution in [-0.2, 0) is 6.54 Å². The van der Waals surface area contributed by atoms with Crippen molar-refractivity contribution in [2.24, 2.45) is 0 Å². The molecule has 0 saturated carbocycles. The summed E-state index contributed by atoms with van der Waals surface area (Å²) in [7, 11) is 8.93. The molecule has 3 rings (SSSR count). The highest BCUT2D eigenvalue weighted by Crippen LogP contribution is 2.40. The van der Waals surface area contributed by atoms with E-state index in [-0.39, 0.29) is 0 Å². The van der Waals surface area contributed by atoms with Crippen LogP contribution in [0.5, 0.6) is 23.0 Å². The molecule has 0 saturated heterocycles. The zero-order chi connectivity index (χ0) is 18.7. The smallest absolute Gasteiger partial charge is 0.203 e. The highest BCUT2D eigenvalue weighted by atomic mass is 16.5. The Kier molecular flexibility index (Phi) is 5.30. The molecule has 26 heavy (non-hydrogen) atoms. The molecule has 140 valence electrons. The molecule has 1 aliphatic heterocycles. The van der Waals surface area contributed by atoms with Gasteiger partial charge in [-0.3, -0.25) is 0 Å². The predicted molar refractivity (Wildman–Crippen MR) is 103 cm³/mol. The van der Waals surface area contributed by atoms with E-state index < -0.39 is 0 Å². The number of hydrogen-bond donors (Lipinski definition) is 0. The Morgan fingerprint density at radius 3 is 2.27 bits per heavy atom. The molecular weight excluding hydrogens is 332 g/mol.